The minimum Gasteiger partial charge on any atom is -0.303 e. The van der Waals surface area contributed by atoms with Crippen molar-refractivity contribution >= 4 is 6.29 Å². The van der Waals surface area contributed by atoms with Crippen molar-refractivity contribution in [2.45, 2.75) is 71.1 Å². The van der Waals surface area contributed by atoms with Crippen LogP contribution in [-0.4, -0.2) is 16.1 Å². The minimum atomic E-state index is -0.492. The maximum absolute atomic E-state index is 11.1. The third-order valence-electron chi connectivity index (χ3n) is 3.84. The van der Waals surface area contributed by atoms with Crippen LogP contribution in [-0.2, 0) is 4.79 Å². The number of carbonyl (C=O) groups excluding carboxylic acids is 1. The summed E-state index contributed by atoms with van der Waals surface area (Å²) < 4.78 is 0. The van der Waals surface area contributed by atoms with Crippen LogP contribution >= 0.6 is 0 Å². The molecule has 7 heteroatoms. The molecule has 0 aliphatic heterocycles. The zero-order valence-electron chi connectivity index (χ0n) is 16.0. The number of rotatable bonds is 16. The fourth-order valence-electron chi connectivity index (χ4n) is 2.32. The van der Waals surface area contributed by atoms with Crippen LogP contribution in [0.1, 0.15) is 71.1 Å². The van der Waals surface area contributed by atoms with Gasteiger partial charge in [0.05, 0.1) is 22.7 Å². The second-order valence-electron chi connectivity index (χ2n) is 6.06. The summed E-state index contributed by atoms with van der Waals surface area (Å²) in [4.78, 5) is 31.4. The van der Waals surface area contributed by atoms with Gasteiger partial charge in [-0.2, -0.15) is 0 Å². The first-order valence-electron chi connectivity index (χ1n) is 9.43. The molecule has 0 unspecified atom stereocenters. The van der Waals surface area contributed by atoms with Crippen LogP contribution in [0.4, 0.5) is 0 Å². The van der Waals surface area contributed by atoms with Gasteiger partial charge in [0, 0.05) is 6.42 Å². The fraction of sp³-hybridized carbons (Fsp3) is 0.550. The largest absolute Gasteiger partial charge is 0.303 e. The highest BCUT2D eigenvalue weighted by Crippen LogP contribution is 2.12. The molecule has 0 aromatic rings. The first kappa shape index (κ1) is 24.4. The molecule has 150 valence electrons. The van der Waals surface area contributed by atoms with Gasteiger partial charge in [-0.3, -0.25) is 20.2 Å². The van der Waals surface area contributed by atoms with Gasteiger partial charge in [-0.05, 0) is 44.3 Å². The van der Waals surface area contributed by atoms with Crippen molar-refractivity contribution in [3.63, 3.8) is 0 Å². The summed E-state index contributed by atoms with van der Waals surface area (Å²) in [5.41, 5.74) is -0.0662. The van der Waals surface area contributed by atoms with E-state index in [2.05, 4.69) is 0 Å². The number of allylic oxidation sites excluding steroid dienone is 6. The Kier molecular flexibility index (Phi) is 15.3. The molecule has 0 N–H and O–H groups in total. The molecule has 0 heterocycles. The van der Waals surface area contributed by atoms with Crippen molar-refractivity contribution in [3.05, 3.63) is 68.1 Å². The van der Waals surface area contributed by atoms with E-state index in [-0.39, 0.29) is 24.2 Å². The minimum absolute atomic E-state index is 0.0330. The monoisotopic (exact) mass is 378 g/mol. The highest BCUT2D eigenvalue weighted by Gasteiger charge is 2.13. The number of nitro groups is 2. The van der Waals surface area contributed by atoms with Gasteiger partial charge in [-0.1, -0.05) is 44.1 Å². The second kappa shape index (κ2) is 16.9. The highest BCUT2D eigenvalue weighted by atomic mass is 16.6. The number of hydrogen-bond acceptors (Lipinski definition) is 5. The van der Waals surface area contributed by atoms with Gasteiger partial charge in [0.2, 0.25) is 11.4 Å². The van der Waals surface area contributed by atoms with E-state index in [0.29, 0.717) is 12.8 Å². The van der Waals surface area contributed by atoms with Crippen molar-refractivity contribution < 1.29 is 14.6 Å². The number of nitrogens with zero attached hydrogens (tertiary/aromatic N) is 2. The molecule has 0 radical (unpaired) electrons. The van der Waals surface area contributed by atoms with Crippen LogP contribution in [0.3, 0.4) is 0 Å². The predicted molar refractivity (Wildman–Crippen MR) is 106 cm³/mol. The van der Waals surface area contributed by atoms with E-state index in [1.807, 2.05) is 25.2 Å². The molecule has 0 saturated heterocycles. The first-order valence-corrected chi connectivity index (χ1v) is 9.43. The summed E-state index contributed by atoms with van der Waals surface area (Å²) in [7, 11) is 0. The topological polar surface area (TPSA) is 103 Å². The van der Waals surface area contributed by atoms with E-state index in [9.17, 15) is 25.0 Å². The Labute approximate surface area is 160 Å². The lowest BCUT2D eigenvalue weighted by Crippen LogP contribution is -2.01. The predicted octanol–water partition coefficient (Wildman–Crippen LogP) is 5.54. The first-order chi connectivity index (χ1) is 13.0. The summed E-state index contributed by atoms with van der Waals surface area (Å²) in [6, 6.07) is 0. The molecule has 0 spiro atoms. The van der Waals surface area contributed by atoms with Crippen LogP contribution in [0.2, 0.25) is 0 Å². The average molecular weight is 378 g/mol. The van der Waals surface area contributed by atoms with Crippen LogP contribution < -0.4 is 0 Å². The fourth-order valence-corrected chi connectivity index (χ4v) is 2.32. The Morgan fingerprint density at radius 3 is 2.00 bits per heavy atom. The van der Waals surface area contributed by atoms with E-state index in [1.165, 1.54) is 12.2 Å². The molecule has 0 rings (SSSR count). The standard InChI is InChI=1S/C20H30N2O5/c1-2-3-4-11-14-19(21(24)25)16-17-20(22(26)27)15-12-9-7-5-6-8-10-13-18-23/h3-4,9,12,14,17-18H,2,5-8,10-11,13,15-16H2,1H3/b4-3-,12-9-,19-14+,20-17+. The van der Waals surface area contributed by atoms with Crippen LogP contribution in [0.5, 0.6) is 0 Å². The lowest BCUT2D eigenvalue weighted by molar-refractivity contribution is -0.431. The van der Waals surface area contributed by atoms with Gasteiger partial charge >= 0.3 is 0 Å². The lowest BCUT2D eigenvalue weighted by Gasteiger charge is -1.97. The molecule has 27 heavy (non-hydrogen) atoms. The molecule has 0 aliphatic rings. The number of unbranched alkanes of at least 4 members (excludes halogenated alkanes) is 5. The molecular formula is C20H30N2O5. The third-order valence-corrected chi connectivity index (χ3v) is 3.84. The number of hydrogen-bond donors (Lipinski definition) is 0. The van der Waals surface area contributed by atoms with Crippen molar-refractivity contribution in [3.8, 4) is 0 Å². The Morgan fingerprint density at radius 1 is 0.778 bits per heavy atom. The van der Waals surface area contributed by atoms with E-state index < -0.39 is 9.85 Å². The van der Waals surface area contributed by atoms with Crippen molar-refractivity contribution in [1.82, 2.24) is 0 Å². The van der Waals surface area contributed by atoms with Gasteiger partial charge < -0.3 is 4.79 Å². The molecule has 0 atom stereocenters. The third kappa shape index (κ3) is 14.3. The average Bonchev–Trinajstić information content (AvgIpc) is 2.63. The van der Waals surface area contributed by atoms with Gasteiger partial charge in [-0.25, -0.2) is 0 Å². The van der Waals surface area contributed by atoms with Crippen molar-refractivity contribution in [1.29, 1.82) is 0 Å². The van der Waals surface area contributed by atoms with Crippen LogP contribution in [0.25, 0.3) is 0 Å². The highest BCUT2D eigenvalue weighted by molar-refractivity contribution is 5.48. The van der Waals surface area contributed by atoms with Crippen LogP contribution in [0, 0.1) is 20.2 Å². The van der Waals surface area contributed by atoms with Crippen molar-refractivity contribution in [2.75, 3.05) is 0 Å². The second-order valence-corrected chi connectivity index (χ2v) is 6.06. The van der Waals surface area contributed by atoms with E-state index in [1.54, 1.807) is 6.08 Å². The molecule has 0 aromatic carbocycles. The lowest BCUT2D eigenvalue weighted by atomic mass is 10.1. The Hall–Kier alpha value is -2.57. The number of aldehydes is 1. The molecule has 0 aliphatic carbocycles. The molecular weight excluding hydrogens is 348 g/mol. The van der Waals surface area contributed by atoms with Gasteiger partial charge in [0.1, 0.15) is 6.29 Å². The Balaban J connectivity index is 4.48. The van der Waals surface area contributed by atoms with Gasteiger partial charge in [0.25, 0.3) is 0 Å². The van der Waals surface area contributed by atoms with Gasteiger partial charge in [0.15, 0.2) is 0 Å². The van der Waals surface area contributed by atoms with Gasteiger partial charge in [-0.15, -0.1) is 0 Å². The summed E-state index contributed by atoms with van der Waals surface area (Å²) in [5, 5.41) is 22.2. The van der Waals surface area contributed by atoms with E-state index >= 15 is 0 Å². The molecule has 0 fully saturated rings. The summed E-state index contributed by atoms with van der Waals surface area (Å²) in [6.45, 7) is 1.97. The molecule has 0 amide bonds. The summed E-state index contributed by atoms with van der Waals surface area (Å²) in [6.07, 6.45) is 17.9. The Bertz CT molecular complexity index is 577. The smallest absolute Gasteiger partial charge is 0.246 e. The maximum Gasteiger partial charge on any atom is 0.246 e. The number of carbonyl (C=O) groups is 1. The molecule has 0 aromatic heterocycles. The Morgan fingerprint density at radius 2 is 1.41 bits per heavy atom. The molecule has 0 bridgehead atoms. The molecule has 7 nitrogen and oxygen atoms in total. The maximum atomic E-state index is 11.1. The van der Waals surface area contributed by atoms with E-state index in [0.717, 1.165) is 44.8 Å². The van der Waals surface area contributed by atoms with Crippen molar-refractivity contribution in [2.24, 2.45) is 0 Å². The summed E-state index contributed by atoms with van der Waals surface area (Å²) >= 11 is 0. The van der Waals surface area contributed by atoms with E-state index in [4.69, 9.17) is 0 Å². The normalized spacial score (nSPS) is 12.8. The SMILES string of the molecule is CC/C=C\C/C=C(\C/C=C(\C/C=C\CCCCCCC=O)[N+](=O)[O-])[N+](=O)[O-]. The zero-order chi connectivity index (χ0) is 20.3. The zero-order valence-corrected chi connectivity index (χ0v) is 16.0. The van der Waals surface area contributed by atoms with Crippen LogP contribution in [0.15, 0.2) is 47.9 Å². The molecule has 0 saturated carbocycles. The quantitative estimate of drug-likeness (QED) is 0.115. The summed E-state index contributed by atoms with van der Waals surface area (Å²) in [5.74, 6) is 0.